The SMILES string of the molecule is COc1cc(NCCn2cc(C(=O)O)nn2)ncn1. The van der Waals surface area contributed by atoms with Gasteiger partial charge in [0.25, 0.3) is 0 Å². The molecule has 0 aliphatic heterocycles. The molecular weight excluding hydrogens is 252 g/mol. The number of hydrogen-bond acceptors (Lipinski definition) is 7. The van der Waals surface area contributed by atoms with Crippen molar-refractivity contribution in [1.29, 1.82) is 0 Å². The fourth-order valence-electron chi connectivity index (χ4n) is 1.35. The summed E-state index contributed by atoms with van der Waals surface area (Å²) in [6, 6.07) is 1.66. The van der Waals surface area contributed by atoms with Crippen LogP contribution < -0.4 is 10.1 Å². The van der Waals surface area contributed by atoms with Crippen LogP contribution in [0.2, 0.25) is 0 Å². The number of carboxylic acids is 1. The highest BCUT2D eigenvalue weighted by atomic mass is 16.5. The molecule has 2 aromatic rings. The van der Waals surface area contributed by atoms with Gasteiger partial charge < -0.3 is 15.2 Å². The summed E-state index contributed by atoms with van der Waals surface area (Å²) in [4.78, 5) is 18.5. The van der Waals surface area contributed by atoms with E-state index in [0.29, 0.717) is 24.8 Å². The zero-order valence-corrected chi connectivity index (χ0v) is 10.1. The van der Waals surface area contributed by atoms with Crippen molar-refractivity contribution in [2.75, 3.05) is 19.0 Å². The van der Waals surface area contributed by atoms with Gasteiger partial charge in [-0.2, -0.15) is 0 Å². The molecule has 0 saturated heterocycles. The van der Waals surface area contributed by atoms with Crippen molar-refractivity contribution in [3.63, 3.8) is 0 Å². The molecule has 0 aromatic carbocycles. The molecule has 2 heterocycles. The molecule has 0 atom stereocenters. The van der Waals surface area contributed by atoms with E-state index >= 15 is 0 Å². The van der Waals surface area contributed by atoms with Gasteiger partial charge in [0.2, 0.25) is 5.88 Å². The van der Waals surface area contributed by atoms with Crippen LogP contribution in [0.1, 0.15) is 10.5 Å². The van der Waals surface area contributed by atoms with Gasteiger partial charge >= 0.3 is 5.97 Å². The second kappa shape index (κ2) is 5.76. The third-order valence-electron chi connectivity index (χ3n) is 2.26. The lowest BCUT2D eigenvalue weighted by Gasteiger charge is -2.05. The normalized spacial score (nSPS) is 10.2. The average Bonchev–Trinajstić information content (AvgIpc) is 2.88. The number of carboxylic acid groups (broad SMARTS) is 1. The lowest BCUT2D eigenvalue weighted by atomic mass is 10.5. The fourth-order valence-corrected chi connectivity index (χ4v) is 1.35. The minimum absolute atomic E-state index is 0.0799. The molecule has 0 radical (unpaired) electrons. The van der Waals surface area contributed by atoms with Crippen LogP contribution in [0.5, 0.6) is 5.88 Å². The van der Waals surface area contributed by atoms with Gasteiger partial charge in [-0.15, -0.1) is 5.10 Å². The Balaban J connectivity index is 1.86. The van der Waals surface area contributed by atoms with Crippen molar-refractivity contribution in [3.8, 4) is 5.88 Å². The maximum atomic E-state index is 10.6. The Morgan fingerprint density at radius 1 is 1.53 bits per heavy atom. The molecule has 9 nitrogen and oxygen atoms in total. The molecular formula is C10H12N6O3. The number of rotatable bonds is 6. The highest BCUT2D eigenvalue weighted by Gasteiger charge is 2.07. The molecule has 9 heteroatoms. The summed E-state index contributed by atoms with van der Waals surface area (Å²) in [7, 11) is 1.52. The van der Waals surface area contributed by atoms with Crippen LogP contribution in [0.4, 0.5) is 5.82 Å². The summed E-state index contributed by atoms with van der Waals surface area (Å²) in [5.74, 6) is -0.0170. The predicted molar refractivity (Wildman–Crippen MR) is 64.1 cm³/mol. The lowest BCUT2D eigenvalue weighted by molar-refractivity contribution is 0.0690. The molecule has 0 saturated carbocycles. The molecule has 0 spiro atoms. The Hall–Kier alpha value is -2.71. The summed E-state index contributed by atoms with van der Waals surface area (Å²) in [6.45, 7) is 0.981. The lowest BCUT2D eigenvalue weighted by Crippen LogP contribution is -2.12. The molecule has 0 fully saturated rings. The Morgan fingerprint density at radius 2 is 2.37 bits per heavy atom. The van der Waals surface area contributed by atoms with E-state index in [1.54, 1.807) is 6.07 Å². The van der Waals surface area contributed by atoms with E-state index in [1.165, 1.54) is 24.3 Å². The summed E-state index contributed by atoms with van der Waals surface area (Å²) in [5, 5.41) is 18.9. The van der Waals surface area contributed by atoms with Crippen molar-refractivity contribution in [3.05, 3.63) is 24.3 Å². The molecule has 2 aromatic heterocycles. The van der Waals surface area contributed by atoms with Gasteiger partial charge in [0.15, 0.2) is 5.69 Å². The Bertz CT molecular complexity index is 570. The Labute approximate surface area is 108 Å². The van der Waals surface area contributed by atoms with Gasteiger partial charge in [-0.3, -0.25) is 0 Å². The Kier molecular flexibility index (Phi) is 3.86. The van der Waals surface area contributed by atoms with Crippen molar-refractivity contribution >= 4 is 11.8 Å². The first-order valence-corrected chi connectivity index (χ1v) is 5.42. The number of methoxy groups -OCH3 is 1. The number of hydrogen-bond donors (Lipinski definition) is 2. The average molecular weight is 264 g/mol. The molecule has 2 rings (SSSR count). The van der Waals surface area contributed by atoms with E-state index in [4.69, 9.17) is 9.84 Å². The molecule has 19 heavy (non-hydrogen) atoms. The number of nitrogens with one attached hydrogen (secondary N) is 1. The second-order valence-electron chi connectivity index (χ2n) is 3.54. The van der Waals surface area contributed by atoms with Crippen LogP contribution in [-0.2, 0) is 6.54 Å². The molecule has 0 amide bonds. The number of aromatic nitrogens is 5. The molecule has 0 unspecified atom stereocenters. The van der Waals surface area contributed by atoms with Crippen LogP contribution in [0.15, 0.2) is 18.6 Å². The summed E-state index contributed by atoms with van der Waals surface area (Å²) in [6.07, 6.45) is 2.75. The molecule has 100 valence electrons. The van der Waals surface area contributed by atoms with E-state index < -0.39 is 5.97 Å². The summed E-state index contributed by atoms with van der Waals surface area (Å²) >= 11 is 0. The quantitative estimate of drug-likeness (QED) is 0.742. The number of anilines is 1. The molecule has 2 N–H and O–H groups in total. The summed E-state index contributed by atoms with van der Waals surface area (Å²) < 4.78 is 6.40. The van der Waals surface area contributed by atoms with E-state index in [1.807, 2.05) is 0 Å². The second-order valence-corrected chi connectivity index (χ2v) is 3.54. The third-order valence-corrected chi connectivity index (χ3v) is 2.26. The number of aromatic carboxylic acids is 1. The minimum atomic E-state index is -1.10. The highest BCUT2D eigenvalue weighted by molar-refractivity contribution is 5.84. The predicted octanol–water partition coefficient (Wildman–Crippen LogP) is -0.113. The van der Waals surface area contributed by atoms with Gasteiger partial charge in [0.05, 0.1) is 19.9 Å². The number of nitrogens with zero attached hydrogens (tertiary/aromatic N) is 5. The molecule has 0 aliphatic carbocycles. The zero-order valence-electron chi connectivity index (χ0n) is 10.1. The van der Waals surface area contributed by atoms with Crippen LogP contribution in [0.3, 0.4) is 0 Å². The van der Waals surface area contributed by atoms with Crippen molar-refractivity contribution in [2.45, 2.75) is 6.54 Å². The van der Waals surface area contributed by atoms with E-state index in [2.05, 4.69) is 25.6 Å². The van der Waals surface area contributed by atoms with Crippen molar-refractivity contribution in [1.82, 2.24) is 25.0 Å². The van der Waals surface area contributed by atoms with Gasteiger partial charge in [0, 0.05) is 12.6 Å². The first-order valence-electron chi connectivity index (χ1n) is 5.42. The largest absolute Gasteiger partial charge is 0.481 e. The fraction of sp³-hybridized carbons (Fsp3) is 0.300. The standard InChI is InChI=1S/C10H12N6O3/c1-19-9-4-8(12-6-13-9)11-2-3-16-5-7(10(17)18)14-15-16/h4-6H,2-3H2,1H3,(H,17,18)(H,11,12,13). The van der Waals surface area contributed by atoms with Gasteiger partial charge in [-0.05, 0) is 0 Å². The topological polar surface area (TPSA) is 115 Å². The van der Waals surface area contributed by atoms with E-state index in [9.17, 15) is 4.79 Å². The van der Waals surface area contributed by atoms with E-state index in [0.717, 1.165) is 0 Å². The summed E-state index contributed by atoms with van der Waals surface area (Å²) in [5.41, 5.74) is -0.0799. The first-order chi connectivity index (χ1) is 9.19. The Morgan fingerprint density at radius 3 is 3.05 bits per heavy atom. The third kappa shape index (κ3) is 3.37. The van der Waals surface area contributed by atoms with E-state index in [-0.39, 0.29) is 5.69 Å². The molecule has 0 bridgehead atoms. The van der Waals surface area contributed by atoms with Gasteiger partial charge in [-0.1, -0.05) is 5.21 Å². The van der Waals surface area contributed by atoms with Crippen molar-refractivity contribution in [2.24, 2.45) is 0 Å². The smallest absolute Gasteiger partial charge is 0.358 e. The molecule has 0 aliphatic rings. The van der Waals surface area contributed by atoms with Crippen LogP contribution in [0.25, 0.3) is 0 Å². The van der Waals surface area contributed by atoms with Crippen LogP contribution in [-0.4, -0.2) is 49.7 Å². The maximum absolute atomic E-state index is 10.6. The zero-order chi connectivity index (χ0) is 13.7. The number of ether oxygens (including phenoxy) is 1. The van der Waals surface area contributed by atoms with Crippen molar-refractivity contribution < 1.29 is 14.6 Å². The monoisotopic (exact) mass is 264 g/mol. The highest BCUT2D eigenvalue weighted by Crippen LogP contribution is 2.09. The maximum Gasteiger partial charge on any atom is 0.358 e. The van der Waals surface area contributed by atoms with Gasteiger partial charge in [0.1, 0.15) is 12.1 Å². The van der Waals surface area contributed by atoms with Crippen LogP contribution >= 0.6 is 0 Å². The van der Waals surface area contributed by atoms with Crippen LogP contribution in [0, 0.1) is 0 Å². The number of carbonyl (C=O) groups is 1. The minimum Gasteiger partial charge on any atom is -0.481 e. The van der Waals surface area contributed by atoms with Gasteiger partial charge in [-0.25, -0.2) is 19.4 Å². The first kappa shape index (κ1) is 12.7.